The maximum atomic E-state index is 11.5. The number of hydrogen-bond donors (Lipinski definition) is 2. The van der Waals surface area contributed by atoms with Gasteiger partial charge in [-0.3, -0.25) is 0 Å². The van der Waals surface area contributed by atoms with Crippen molar-refractivity contribution in [2.24, 2.45) is 52.3 Å². The van der Waals surface area contributed by atoms with Crippen LogP contribution >= 0.6 is 0 Å². The summed E-state index contributed by atoms with van der Waals surface area (Å²) < 4.78 is 17.2. The molecule has 178 valence electrons. The van der Waals surface area contributed by atoms with E-state index in [2.05, 4.69) is 41.5 Å². The molecule has 0 aromatic heterocycles. The highest BCUT2D eigenvalue weighted by molar-refractivity contribution is 5.27. The van der Waals surface area contributed by atoms with Gasteiger partial charge in [0.1, 0.15) is 0 Å². The molecule has 0 amide bonds. The zero-order chi connectivity index (χ0) is 24.4. The van der Waals surface area contributed by atoms with Crippen LogP contribution in [-0.2, 0) is 0 Å². The van der Waals surface area contributed by atoms with Crippen molar-refractivity contribution in [2.45, 2.75) is 118 Å². The Morgan fingerprint density at radius 1 is 1.03 bits per heavy atom. The molecule has 4 rings (SSSR count). The first-order valence-electron chi connectivity index (χ1n) is 14.4. The Labute approximate surface area is 195 Å². The van der Waals surface area contributed by atoms with E-state index < -0.39 is 12.2 Å². The van der Waals surface area contributed by atoms with E-state index in [9.17, 15) is 10.2 Å². The molecular formula is C29H50O2. The zero-order valence-electron chi connectivity index (χ0n) is 23.1. The van der Waals surface area contributed by atoms with E-state index in [4.69, 9.17) is 2.74 Å². The van der Waals surface area contributed by atoms with Gasteiger partial charge in [0.05, 0.1) is 14.9 Å². The number of aliphatic hydroxyl groups is 2. The molecule has 0 aliphatic heterocycles. The maximum absolute atomic E-state index is 11.5. The van der Waals surface area contributed by atoms with Crippen LogP contribution in [0.1, 0.15) is 108 Å². The van der Waals surface area contributed by atoms with Crippen LogP contribution in [0.5, 0.6) is 0 Å². The fourth-order valence-electron chi connectivity index (χ4n) is 8.92. The van der Waals surface area contributed by atoms with Crippen LogP contribution in [0.2, 0.25) is 0 Å². The second-order valence-electron chi connectivity index (χ2n) is 12.7. The summed E-state index contributed by atoms with van der Waals surface area (Å²) in [5, 5.41) is 21.9. The third-order valence-electron chi connectivity index (χ3n) is 11.0. The van der Waals surface area contributed by atoms with Gasteiger partial charge in [0.25, 0.3) is 0 Å². The second kappa shape index (κ2) is 8.79. The first-order chi connectivity index (χ1) is 15.2. The molecule has 31 heavy (non-hydrogen) atoms. The van der Waals surface area contributed by atoms with Crippen molar-refractivity contribution < 1.29 is 13.0 Å². The molecule has 4 aliphatic carbocycles. The molecular weight excluding hydrogens is 380 g/mol. The van der Waals surface area contributed by atoms with Gasteiger partial charge in [-0.05, 0) is 104 Å². The molecule has 2 heteroatoms. The monoisotopic (exact) mass is 432 g/mol. The van der Waals surface area contributed by atoms with Gasteiger partial charge in [0, 0.05) is 0 Å². The fourth-order valence-corrected chi connectivity index (χ4v) is 8.92. The summed E-state index contributed by atoms with van der Waals surface area (Å²) in [6, 6.07) is 0. The van der Waals surface area contributed by atoms with Gasteiger partial charge in [-0.15, -0.1) is 0 Å². The largest absolute Gasteiger partial charge is 0.393 e. The third-order valence-corrected chi connectivity index (χ3v) is 11.0. The molecule has 4 aliphatic rings. The summed E-state index contributed by atoms with van der Waals surface area (Å²) in [5.74, 6) is 3.60. The summed E-state index contributed by atoms with van der Waals surface area (Å²) in [4.78, 5) is 0. The standard InChI is InChI=1S/C29H50O2/c1-7-20(18(2)3)9-8-19(4)23-10-11-24-27-25(13-15-29(23,24)6)28(5)14-12-22(30)16-21(28)17-26(27)31/h17-20,22-27,30-31H,7-16H2,1-6H3/t19-,20-,22+,23-,24+,25+,26+,27+,28+,29-/m1/s1/i22D,26D. The summed E-state index contributed by atoms with van der Waals surface area (Å²) >= 11 is 0. The SMILES string of the molecule is [2H][C@]1(O)CC[C@@]2(C)C(=C[C@]([2H])(O)[C@H]3[C@@H]4CC[C@H]([C@H](C)CC[C@@H](CC)C(C)C)[C@@]4(C)CC[C@@H]32)C1. The van der Waals surface area contributed by atoms with Crippen LogP contribution in [0, 0.1) is 52.3 Å². The Bertz CT molecular complexity index is 759. The molecule has 0 spiro atoms. The zero-order valence-corrected chi connectivity index (χ0v) is 21.1. The highest BCUT2D eigenvalue weighted by Gasteiger charge is 2.61. The molecule has 3 fully saturated rings. The Morgan fingerprint density at radius 3 is 2.45 bits per heavy atom. The fraction of sp³-hybridized carbons (Fsp3) is 0.931. The average Bonchev–Trinajstić information content (AvgIpc) is 3.06. The topological polar surface area (TPSA) is 40.5 Å². The first kappa shape index (κ1) is 21.2. The summed E-state index contributed by atoms with van der Waals surface area (Å²) in [5.41, 5.74) is 1.10. The van der Waals surface area contributed by atoms with Crippen molar-refractivity contribution in [3.63, 3.8) is 0 Å². The van der Waals surface area contributed by atoms with Crippen LogP contribution in [0.4, 0.5) is 0 Å². The van der Waals surface area contributed by atoms with Gasteiger partial charge in [-0.25, -0.2) is 0 Å². The Morgan fingerprint density at radius 2 is 1.77 bits per heavy atom. The lowest BCUT2D eigenvalue weighted by molar-refractivity contribution is -0.0972. The Hall–Kier alpha value is -0.340. The van der Waals surface area contributed by atoms with Crippen molar-refractivity contribution in [3.8, 4) is 0 Å². The van der Waals surface area contributed by atoms with E-state index in [1.54, 1.807) is 6.08 Å². The van der Waals surface area contributed by atoms with Crippen molar-refractivity contribution >= 4 is 0 Å². The van der Waals surface area contributed by atoms with Gasteiger partial charge in [-0.1, -0.05) is 66.0 Å². The van der Waals surface area contributed by atoms with Crippen molar-refractivity contribution in [3.05, 3.63) is 11.6 Å². The minimum absolute atomic E-state index is 0.0295. The van der Waals surface area contributed by atoms with Gasteiger partial charge >= 0.3 is 0 Å². The normalized spacial score (nSPS) is 52.4. The van der Waals surface area contributed by atoms with Crippen molar-refractivity contribution in [2.75, 3.05) is 0 Å². The lowest BCUT2D eigenvalue weighted by Crippen LogP contribution is -2.54. The highest BCUT2D eigenvalue weighted by Crippen LogP contribution is 2.67. The van der Waals surface area contributed by atoms with E-state index in [0.29, 0.717) is 24.2 Å². The smallest absolute Gasteiger partial charge is 0.0757 e. The van der Waals surface area contributed by atoms with Gasteiger partial charge in [0.15, 0.2) is 0 Å². The van der Waals surface area contributed by atoms with E-state index in [1.165, 1.54) is 32.1 Å². The average molecular weight is 433 g/mol. The summed E-state index contributed by atoms with van der Waals surface area (Å²) in [6.07, 6.45) is 8.84. The Balaban J connectivity index is 1.57. The van der Waals surface area contributed by atoms with Crippen molar-refractivity contribution in [1.29, 1.82) is 0 Å². The summed E-state index contributed by atoms with van der Waals surface area (Å²) in [6.45, 7) is 14.3. The Kier molecular flexibility index (Phi) is 6.01. The van der Waals surface area contributed by atoms with Crippen LogP contribution in [-0.4, -0.2) is 22.4 Å². The number of fused-ring (bicyclic) bond motifs is 5. The van der Waals surface area contributed by atoms with Crippen LogP contribution in [0.25, 0.3) is 0 Å². The minimum Gasteiger partial charge on any atom is -0.393 e. The molecule has 10 atom stereocenters. The predicted molar refractivity (Wildman–Crippen MR) is 130 cm³/mol. The minimum atomic E-state index is -1.58. The van der Waals surface area contributed by atoms with Gasteiger partial charge in [-0.2, -0.15) is 0 Å². The first-order valence-corrected chi connectivity index (χ1v) is 13.4. The third kappa shape index (κ3) is 3.96. The van der Waals surface area contributed by atoms with Gasteiger partial charge < -0.3 is 10.2 Å². The molecule has 0 unspecified atom stereocenters. The lowest BCUT2D eigenvalue weighted by Gasteiger charge is -2.59. The maximum Gasteiger partial charge on any atom is 0.0757 e. The van der Waals surface area contributed by atoms with E-state index in [1.807, 2.05) is 0 Å². The van der Waals surface area contributed by atoms with E-state index >= 15 is 0 Å². The predicted octanol–water partition coefficient (Wildman–Crippen LogP) is 7.00. The molecule has 0 aromatic rings. The van der Waals surface area contributed by atoms with Crippen LogP contribution < -0.4 is 0 Å². The summed E-state index contributed by atoms with van der Waals surface area (Å²) in [7, 11) is 0. The second-order valence-corrected chi connectivity index (χ2v) is 12.7. The number of rotatable bonds is 6. The lowest BCUT2D eigenvalue weighted by atomic mass is 9.46. The molecule has 0 bridgehead atoms. The molecule has 0 radical (unpaired) electrons. The molecule has 0 aromatic carbocycles. The van der Waals surface area contributed by atoms with Crippen LogP contribution in [0.3, 0.4) is 0 Å². The van der Waals surface area contributed by atoms with E-state index in [-0.39, 0.29) is 29.1 Å². The molecule has 0 heterocycles. The number of hydrogen-bond acceptors (Lipinski definition) is 2. The van der Waals surface area contributed by atoms with Crippen molar-refractivity contribution in [1.82, 2.24) is 0 Å². The molecule has 2 nitrogen and oxygen atoms in total. The molecule has 0 saturated heterocycles. The molecule has 2 N–H and O–H groups in total. The van der Waals surface area contributed by atoms with Gasteiger partial charge in [0.2, 0.25) is 0 Å². The van der Waals surface area contributed by atoms with E-state index in [0.717, 1.165) is 36.7 Å². The quantitative estimate of drug-likeness (QED) is 0.444. The molecule has 3 saturated carbocycles. The van der Waals surface area contributed by atoms with Crippen LogP contribution in [0.15, 0.2) is 11.6 Å². The highest BCUT2D eigenvalue weighted by atomic mass is 16.3.